The van der Waals surface area contributed by atoms with E-state index in [0.717, 1.165) is 6.92 Å². The first-order valence-corrected chi connectivity index (χ1v) is 7.41. The highest BCUT2D eigenvalue weighted by Gasteiger charge is 2.39. The predicted octanol–water partition coefficient (Wildman–Crippen LogP) is 2.29. The summed E-state index contributed by atoms with van der Waals surface area (Å²) < 4.78 is 23.9. The van der Waals surface area contributed by atoms with Crippen molar-refractivity contribution in [1.82, 2.24) is 4.72 Å². The smallest absolute Gasteiger partial charge is 0.241 e. The van der Waals surface area contributed by atoms with Crippen LogP contribution < -0.4 is 4.72 Å². The summed E-state index contributed by atoms with van der Waals surface area (Å²) in [6.45, 7) is 1.14. The molecule has 0 aliphatic rings. The fourth-order valence-corrected chi connectivity index (χ4v) is 3.33. The molecule has 0 spiro atoms. The molecule has 1 unspecified atom stereocenters. The van der Waals surface area contributed by atoms with Gasteiger partial charge in [0.15, 0.2) is 5.78 Å². The van der Waals surface area contributed by atoms with Crippen molar-refractivity contribution in [1.29, 1.82) is 0 Å². The molecule has 0 radical (unpaired) electrons. The number of ketones is 1. The van der Waals surface area contributed by atoms with Gasteiger partial charge in [-0.15, -0.1) is 0 Å². The molecule has 1 rings (SSSR count). The van der Waals surface area contributed by atoms with Gasteiger partial charge >= 0.3 is 0 Å². The molecule has 0 aliphatic heterocycles. The summed E-state index contributed by atoms with van der Waals surface area (Å²) in [5, 5.41) is 0. The van der Waals surface area contributed by atoms with E-state index in [0.29, 0.717) is 0 Å². The Morgan fingerprint density at radius 3 is 2.11 bits per heavy atom. The summed E-state index contributed by atoms with van der Waals surface area (Å²) in [5.41, 5.74) is 0. The average Bonchev–Trinajstić information content (AvgIpc) is 2.25. The predicted molar refractivity (Wildman–Crippen MR) is 71.5 cm³/mol. The zero-order chi connectivity index (χ0) is 14.0. The van der Waals surface area contributed by atoms with Crippen molar-refractivity contribution in [2.24, 2.45) is 0 Å². The fraction of sp³-hybridized carbons (Fsp3) is 0.300. The van der Waals surface area contributed by atoms with Crippen LogP contribution in [-0.2, 0) is 14.8 Å². The first-order chi connectivity index (χ1) is 8.14. The van der Waals surface area contributed by atoms with Crippen LogP contribution in [0.25, 0.3) is 0 Å². The van der Waals surface area contributed by atoms with Gasteiger partial charge in [-0.2, -0.15) is 4.72 Å². The van der Waals surface area contributed by atoms with E-state index >= 15 is 0 Å². The minimum Gasteiger partial charge on any atom is -0.298 e. The van der Waals surface area contributed by atoms with Crippen LogP contribution >= 0.6 is 34.8 Å². The molecule has 0 saturated heterocycles. The van der Waals surface area contributed by atoms with Gasteiger partial charge in [-0.3, -0.25) is 4.79 Å². The average molecular weight is 331 g/mol. The second kappa shape index (κ2) is 5.75. The third kappa shape index (κ3) is 4.10. The Morgan fingerprint density at radius 2 is 1.72 bits per heavy atom. The topological polar surface area (TPSA) is 63.2 Å². The quantitative estimate of drug-likeness (QED) is 0.862. The minimum atomic E-state index is -3.91. The largest absolute Gasteiger partial charge is 0.298 e. The summed E-state index contributed by atoms with van der Waals surface area (Å²) >= 11 is 16.7. The normalized spacial score (nSPS) is 14.2. The highest BCUT2D eigenvalue weighted by atomic mass is 35.6. The standard InChI is InChI=1S/C10H10Cl3NO3S/c1-7(15)9(10(11,12)13)14-18(16,17)8-5-3-2-4-6-8/h2-6,9,14H,1H3. The van der Waals surface area contributed by atoms with Crippen molar-refractivity contribution in [3.8, 4) is 0 Å². The molecule has 8 heteroatoms. The number of rotatable bonds is 4. The molecule has 0 amide bonds. The monoisotopic (exact) mass is 329 g/mol. The number of alkyl halides is 3. The maximum Gasteiger partial charge on any atom is 0.241 e. The molecule has 0 bridgehead atoms. The number of Topliss-reactive ketones (excluding diaryl/α,β-unsaturated/α-hetero) is 1. The lowest BCUT2D eigenvalue weighted by atomic mass is 10.2. The zero-order valence-corrected chi connectivity index (χ0v) is 12.3. The third-order valence-corrected chi connectivity index (χ3v) is 4.15. The molecule has 1 atom stereocenters. The SMILES string of the molecule is CC(=O)C(NS(=O)(=O)c1ccccc1)C(Cl)(Cl)Cl. The van der Waals surface area contributed by atoms with Crippen LogP contribution in [0.15, 0.2) is 35.2 Å². The lowest BCUT2D eigenvalue weighted by Gasteiger charge is -2.22. The van der Waals surface area contributed by atoms with Crippen LogP contribution in [0, 0.1) is 0 Å². The summed E-state index contributed by atoms with van der Waals surface area (Å²) in [7, 11) is -3.91. The highest BCUT2D eigenvalue weighted by molar-refractivity contribution is 7.89. The molecule has 100 valence electrons. The molecule has 0 fully saturated rings. The summed E-state index contributed by atoms with van der Waals surface area (Å²) in [5.74, 6) is -0.588. The fourth-order valence-electron chi connectivity index (χ4n) is 1.20. The Labute approximate surface area is 120 Å². The van der Waals surface area contributed by atoms with Crippen LogP contribution in [0.1, 0.15) is 6.92 Å². The van der Waals surface area contributed by atoms with Crippen molar-refractivity contribution in [3.05, 3.63) is 30.3 Å². The number of hydrogen-bond acceptors (Lipinski definition) is 3. The molecule has 1 aromatic carbocycles. The molecular formula is C10H10Cl3NO3S. The Balaban J connectivity index is 3.06. The molecule has 18 heavy (non-hydrogen) atoms. The van der Waals surface area contributed by atoms with E-state index in [2.05, 4.69) is 4.72 Å². The van der Waals surface area contributed by atoms with Crippen molar-refractivity contribution >= 4 is 50.6 Å². The maximum absolute atomic E-state index is 12.0. The second-order valence-electron chi connectivity index (χ2n) is 3.52. The van der Waals surface area contributed by atoms with Gasteiger partial charge in [0.05, 0.1) is 4.90 Å². The number of carbonyl (C=O) groups is 1. The van der Waals surface area contributed by atoms with E-state index in [-0.39, 0.29) is 4.90 Å². The van der Waals surface area contributed by atoms with Gasteiger partial charge in [-0.05, 0) is 19.1 Å². The summed E-state index contributed by atoms with van der Waals surface area (Å²) in [4.78, 5) is 11.3. The van der Waals surface area contributed by atoms with Gasteiger partial charge in [0.25, 0.3) is 0 Å². The molecule has 4 nitrogen and oxygen atoms in total. The molecular weight excluding hydrogens is 321 g/mol. The van der Waals surface area contributed by atoms with Crippen LogP contribution in [-0.4, -0.2) is 24.0 Å². The van der Waals surface area contributed by atoms with Crippen LogP contribution in [0.4, 0.5) is 0 Å². The zero-order valence-electron chi connectivity index (χ0n) is 9.23. The van der Waals surface area contributed by atoms with Gasteiger partial charge in [-0.1, -0.05) is 53.0 Å². The lowest BCUT2D eigenvalue weighted by molar-refractivity contribution is -0.118. The Morgan fingerprint density at radius 1 is 1.22 bits per heavy atom. The minimum absolute atomic E-state index is 0.00880. The molecule has 0 saturated carbocycles. The number of nitrogens with one attached hydrogen (secondary N) is 1. The van der Waals surface area contributed by atoms with Gasteiger partial charge in [-0.25, -0.2) is 8.42 Å². The van der Waals surface area contributed by atoms with E-state index in [1.54, 1.807) is 18.2 Å². The summed E-state index contributed by atoms with van der Waals surface area (Å²) in [6, 6.07) is 6.07. The Hall–Kier alpha value is -0.330. The van der Waals surface area contributed by atoms with Crippen molar-refractivity contribution in [2.75, 3.05) is 0 Å². The van der Waals surface area contributed by atoms with Gasteiger partial charge in [0.2, 0.25) is 13.8 Å². The first kappa shape index (κ1) is 15.7. The van der Waals surface area contributed by atoms with E-state index in [9.17, 15) is 13.2 Å². The molecule has 0 aliphatic carbocycles. The van der Waals surface area contributed by atoms with E-state index in [1.165, 1.54) is 12.1 Å². The van der Waals surface area contributed by atoms with Crippen LogP contribution in [0.3, 0.4) is 0 Å². The van der Waals surface area contributed by atoms with E-state index < -0.39 is 25.6 Å². The van der Waals surface area contributed by atoms with Gasteiger partial charge in [0.1, 0.15) is 6.04 Å². The van der Waals surface area contributed by atoms with Crippen molar-refractivity contribution < 1.29 is 13.2 Å². The lowest BCUT2D eigenvalue weighted by Crippen LogP contribution is -2.48. The molecule has 0 heterocycles. The Bertz CT molecular complexity index is 525. The third-order valence-electron chi connectivity index (χ3n) is 2.06. The van der Waals surface area contributed by atoms with E-state index in [1.807, 2.05) is 0 Å². The second-order valence-corrected chi connectivity index (χ2v) is 7.60. The van der Waals surface area contributed by atoms with Crippen LogP contribution in [0.2, 0.25) is 0 Å². The number of hydrogen-bond donors (Lipinski definition) is 1. The van der Waals surface area contributed by atoms with Crippen molar-refractivity contribution in [3.63, 3.8) is 0 Å². The van der Waals surface area contributed by atoms with Crippen LogP contribution in [0.5, 0.6) is 0 Å². The van der Waals surface area contributed by atoms with Gasteiger partial charge < -0.3 is 0 Å². The summed E-state index contributed by atoms with van der Waals surface area (Å²) in [6.07, 6.45) is 0. The molecule has 1 aromatic rings. The number of halogens is 3. The highest BCUT2D eigenvalue weighted by Crippen LogP contribution is 2.31. The van der Waals surface area contributed by atoms with E-state index in [4.69, 9.17) is 34.8 Å². The van der Waals surface area contributed by atoms with Gasteiger partial charge in [0, 0.05) is 0 Å². The number of benzene rings is 1. The first-order valence-electron chi connectivity index (χ1n) is 4.79. The molecule has 1 N–H and O–H groups in total. The molecule has 0 aromatic heterocycles. The van der Waals surface area contributed by atoms with Crippen molar-refractivity contribution in [2.45, 2.75) is 21.7 Å². The maximum atomic E-state index is 12.0. The Kier molecular flexibility index (Phi) is 5.03. The number of carbonyl (C=O) groups excluding carboxylic acids is 1. The number of sulfonamides is 1.